The molecule has 14 heavy (non-hydrogen) atoms. The second kappa shape index (κ2) is 5.13. The van der Waals surface area contributed by atoms with Crippen LogP contribution >= 0.6 is 68.4 Å². The van der Waals surface area contributed by atoms with Crippen LogP contribution in [0.2, 0.25) is 10.0 Å². The summed E-state index contributed by atoms with van der Waals surface area (Å²) < 4.78 is 20.8. The van der Waals surface area contributed by atoms with Crippen LogP contribution in [0.4, 0.5) is 0 Å². The van der Waals surface area contributed by atoms with Gasteiger partial charge in [0.2, 0.25) is 0 Å². The van der Waals surface area contributed by atoms with E-state index in [1.54, 1.807) is 18.2 Å². The third kappa shape index (κ3) is 2.94. The summed E-state index contributed by atoms with van der Waals surface area (Å²) in [7, 11) is 0. The molecule has 0 N–H and O–H groups in total. The van der Waals surface area contributed by atoms with Gasteiger partial charge in [-0.1, -0.05) is 29.3 Å². The average molecular weight is 476 g/mol. The molecule has 1 unspecified atom stereocenters. The summed E-state index contributed by atoms with van der Waals surface area (Å²) in [6.45, 7) is 0. The Morgan fingerprint density at radius 1 is 1.29 bits per heavy atom. The highest BCUT2D eigenvalue weighted by Crippen LogP contribution is 2.43. The number of alkyl halides is 2. The maximum atomic E-state index is 10.9. The predicted molar refractivity (Wildman–Crippen MR) is 75.1 cm³/mol. The SMILES string of the molecule is O=S([O-])C(I)(I)c1ccc(Cl)c(Cl)c1. The lowest BCUT2D eigenvalue weighted by Crippen LogP contribution is -2.15. The summed E-state index contributed by atoms with van der Waals surface area (Å²) in [6.07, 6.45) is 0. The van der Waals surface area contributed by atoms with Crippen LogP contribution in [0.25, 0.3) is 0 Å². The van der Waals surface area contributed by atoms with Gasteiger partial charge >= 0.3 is 0 Å². The van der Waals surface area contributed by atoms with E-state index in [1.807, 2.05) is 45.2 Å². The van der Waals surface area contributed by atoms with Gasteiger partial charge in [0, 0.05) is 0 Å². The number of halogens is 4. The van der Waals surface area contributed by atoms with Gasteiger partial charge in [0.1, 0.15) is 0 Å². The van der Waals surface area contributed by atoms with Gasteiger partial charge < -0.3 is 4.55 Å². The molecular weight excluding hydrogens is 473 g/mol. The minimum atomic E-state index is -2.22. The molecule has 7 heteroatoms. The molecule has 0 spiro atoms. The molecular formula is C7H3Cl2I2O2S-. The first-order valence-electron chi connectivity index (χ1n) is 3.28. The molecule has 0 saturated carbocycles. The van der Waals surface area contributed by atoms with E-state index in [9.17, 15) is 8.76 Å². The molecule has 1 aromatic carbocycles. The standard InChI is InChI=1S/C7H4Cl2I2O2S/c8-5-2-1-4(3-6(5)9)7(10,11)14(12)13/h1-3H,(H,12,13)/p-1. The van der Waals surface area contributed by atoms with Gasteiger partial charge in [0.25, 0.3) is 0 Å². The van der Waals surface area contributed by atoms with Crippen LogP contribution < -0.4 is 0 Å². The van der Waals surface area contributed by atoms with Crippen LogP contribution in [0.15, 0.2) is 18.2 Å². The summed E-state index contributed by atoms with van der Waals surface area (Å²) in [5, 5.41) is 0.767. The molecule has 0 amide bonds. The van der Waals surface area contributed by atoms with Gasteiger partial charge in [-0.05, 0) is 74.0 Å². The molecule has 0 bridgehead atoms. The molecule has 1 aromatic rings. The highest BCUT2D eigenvalue weighted by Gasteiger charge is 2.26. The fourth-order valence-electron chi connectivity index (χ4n) is 0.773. The minimum absolute atomic E-state index is 0.354. The van der Waals surface area contributed by atoms with Crippen molar-refractivity contribution in [2.75, 3.05) is 0 Å². The van der Waals surface area contributed by atoms with Gasteiger partial charge in [-0.25, -0.2) is 0 Å². The maximum Gasteiger partial charge on any atom is 0.159 e. The third-order valence-electron chi connectivity index (χ3n) is 1.46. The van der Waals surface area contributed by atoms with E-state index in [2.05, 4.69) is 0 Å². The lowest BCUT2D eigenvalue weighted by Gasteiger charge is -2.24. The summed E-state index contributed by atoms with van der Waals surface area (Å²) in [6, 6.07) is 4.78. The molecule has 0 aliphatic heterocycles. The molecule has 0 aliphatic rings. The van der Waals surface area contributed by atoms with E-state index in [4.69, 9.17) is 23.2 Å². The van der Waals surface area contributed by atoms with Crippen LogP contribution in [0, 0.1) is 0 Å². The van der Waals surface area contributed by atoms with Crippen molar-refractivity contribution in [3.63, 3.8) is 0 Å². The van der Waals surface area contributed by atoms with Gasteiger partial charge in [-0.15, -0.1) is 0 Å². The van der Waals surface area contributed by atoms with Gasteiger partial charge in [0.15, 0.2) is 0.760 Å². The summed E-state index contributed by atoms with van der Waals surface area (Å²) in [4.78, 5) is 0. The van der Waals surface area contributed by atoms with Crippen LogP contribution in [0.3, 0.4) is 0 Å². The molecule has 0 heterocycles. The molecule has 0 fully saturated rings. The first-order chi connectivity index (χ1) is 6.35. The average Bonchev–Trinajstić information content (AvgIpc) is 2.09. The van der Waals surface area contributed by atoms with Gasteiger partial charge in [0.05, 0.1) is 10.0 Å². The predicted octanol–water partition coefficient (Wildman–Crippen LogP) is 3.85. The summed E-state index contributed by atoms with van der Waals surface area (Å²) >= 11 is 12.9. The van der Waals surface area contributed by atoms with E-state index in [0.717, 1.165) is 0 Å². The Hall–Kier alpha value is 1.37. The zero-order chi connectivity index (χ0) is 10.9. The quantitative estimate of drug-likeness (QED) is 0.370. The van der Waals surface area contributed by atoms with Crippen molar-refractivity contribution in [3.8, 4) is 0 Å². The lowest BCUT2D eigenvalue weighted by molar-refractivity contribution is 0.535. The number of benzene rings is 1. The van der Waals surface area contributed by atoms with Crippen LogP contribution in [-0.4, -0.2) is 8.76 Å². The fraction of sp³-hybridized carbons (Fsp3) is 0.143. The molecule has 0 aliphatic carbocycles. The Morgan fingerprint density at radius 3 is 2.29 bits per heavy atom. The first-order valence-corrected chi connectivity index (χ1v) is 7.27. The Kier molecular flexibility index (Phi) is 4.93. The molecule has 0 aromatic heterocycles. The Balaban J connectivity index is 3.21. The van der Waals surface area contributed by atoms with Crippen molar-refractivity contribution in [2.24, 2.45) is 0 Å². The largest absolute Gasteiger partial charge is 0.770 e. The van der Waals surface area contributed by atoms with Crippen LogP contribution in [0.5, 0.6) is 0 Å². The van der Waals surface area contributed by atoms with Crippen molar-refractivity contribution < 1.29 is 8.76 Å². The number of hydrogen-bond acceptors (Lipinski definition) is 2. The fourth-order valence-corrected chi connectivity index (χ4v) is 2.06. The molecule has 78 valence electrons. The smallest absolute Gasteiger partial charge is 0.159 e. The highest BCUT2D eigenvalue weighted by molar-refractivity contribution is 14.2. The zero-order valence-corrected chi connectivity index (χ0v) is 13.1. The highest BCUT2D eigenvalue weighted by atomic mass is 127. The topological polar surface area (TPSA) is 40.1 Å². The second-order valence-corrected chi connectivity index (χ2v) is 11.0. The van der Waals surface area contributed by atoms with Crippen LogP contribution in [0.1, 0.15) is 5.56 Å². The monoisotopic (exact) mass is 475 g/mol. The Morgan fingerprint density at radius 2 is 1.86 bits per heavy atom. The first kappa shape index (κ1) is 13.4. The normalized spacial score (nSPS) is 14.1. The summed E-state index contributed by atoms with van der Waals surface area (Å²) in [5.74, 6) is 0. The number of hydrogen-bond donors (Lipinski definition) is 0. The third-order valence-corrected chi connectivity index (χ3v) is 6.26. The number of rotatable bonds is 2. The van der Waals surface area contributed by atoms with Gasteiger partial charge in [-0.2, -0.15) is 0 Å². The molecule has 1 rings (SSSR count). The van der Waals surface area contributed by atoms with E-state index < -0.39 is 11.8 Å². The lowest BCUT2D eigenvalue weighted by atomic mass is 10.2. The summed E-state index contributed by atoms with van der Waals surface area (Å²) in [5.41, 5.74) is 0.599. The van der Waals surface area contributed by atoms with E-state index in [0.29, 0.717) is 15.6 Å². The molecule has 1 atom stereocenters. The van der Waals surface area contributed by atoms with Crippen molar-refractivity contribution in [1.29, 1.82) is 0 Å². The van der Waals surface area contributed by atoms with Crippen molar-refractivity contribution in [2.45, 2.75) is 0.760 Å². The van der Waals surface area contributed by atoms with E-state index in [1.165, 1.54) is 0 Å². The van der Waals surface area contributed by atoms with E-state index in [-0.39, 0.29) is 0 Å². The maximum absolute atomic E-state index is 10.9. The molecule has 0 saturated heterocycles. The van der Waals surface area contributed by atoms with Crippen molar-refractivity contribution >= 4 is 79.5 Å². The minimum Gasteiger partial charge on any atom is -0.770 e. The van der Waals surface area contributed by atoms with Gasteiger partial charge in [-0.3, -0.25) is 4.21 Å². The molecule has 2 nitrogen and oxygen atoms in total. The van der Waals surface area contributed by atoms with E-state index >= 15 is 0 Å². The van der Waals surface area contributed by atoms with Crippen molar-refractivity contribution in [3.05, 3.63) is 33.8 Å². The second-order valence-electron chi connectivity index (χ2n) is 2.38. The van der Waals surface area contributed by atoms with Crippen LogP contribution in [-0.2, 0) is 11.8 Å². The zero-order valence-electron chi connectivity index (χ0n) is 6.47. The van der Waals surface area contributed by atoms with Crippen molar-refractivity contribution in [1.82, 2.24) is 0 Å². The Labute approximate surface area is 121 Å². The Bertz CT molecular complexity index is 384. The molecule has 0 radical (unpaired) electrons.